The molecule has 0 bridgehead atoms. The number of esters is 1. The van der Waals surface area contributed by atoms with E-state index in [9.17, 15) is 4.79 Å². The van der Waals surface area contributed by atoms with Gasteiger partial charge in [-0.05, 0) is 23.8 Å². The SMILES string of the molecule is C=CC(=O)OCCc1cc(N)ccc1N. The highest BCUT2D eigenvalue weighted by Gasteiger charge is 2.01. The zero-order valence-electron chi connectivity index (χ0n) is 8.40. The topological polar surface area (TPSA) is 78.3 Å². The van der Waals surface area contributed by atoms with Gasteiger partial charge in [0.2, 0.25) is 0 Å². The van der Waals surface area contributed by atoms with Crippen molar-refractivity contribution in [3.63, 3.8) is 0 Å². The third-order valence-corrected chi connectivity index (χ3v) is 1.95. The molecule has 0 spiro atoms. The lowest BCUT2D eigenvalue weighted by Crippen LogP contribution is -2.06. The van der Waals surface area contributed by atoms with Crippen LogP contribution in [0.15, 0.2) is 30.9 Å². The lowest BCUT2D eigenvalue weighted by molar-refractivity contribution is -0.137. The molecule has 0 saturated heterocycles. The third-order valence-electron chi connectivity index (χ3n) is 1.95. The van der Waals surface area contributed by atoms with Crippen molar-refractivity contribution in [2.24, 2.45) is 0 Å². The summed E-state index contributed by atoms with van der Waals surface area (Å²) in [4.78, 5) is 10.8. The fraction of sp³-hybridized carbons (Fsp3) is 0.182. The molecule has 0 aliphatic rings. The van der Waals surface area contributed by atoms with Crippen molar-refractivity contribution >= 4 is 17.3 Å². The Morgan fingerprint density at radius 2 is 2.20 bits per heavy atom. The van der Waals surface area contributed by atoms with Crippen molar-refractivity contribution in [2.45, 2.75) is 6.42 Å². The number of hydrogen-bond acceptors (Lipinski definition) is 4. The molecule has 0 amide bonds. The number of anilines is 2. The zero-order valence-corrected chi connectivity index (χ0v) is 8.40. The van der Waals surface area contributed by atoms with Crippen LogP contribution in [0.1, 0.15) is 5.56 Å². The minimum Gasteiger partial charge on any atom is -0.462 e. The maximum absolute atomic E-state index is 10.8. The number of rotatable bonds is 4. The molecule has 4 nitrogen and oxygen atoms in total. The smallest absolute Gasteiger partial charge is 0.330 e. The first kappa shape index (κ1) is 11.1. The van der Waals surface area contributed by atoms with E-state index in [1.807, 2.05) is 0 Å². The van der Waals surface area contributed by atoms with Crippen molar-refractivity contribution in [3.05, 3.63) is 36.4 Å². The summed E-state index contributed by atoms with van der Waals surface area (Å²) in [5.74, 6) is -0.433. The fourth-order valence-electron chi connectivity index (χ4n) is 1.16. The van der Waals surface area contributed by atoms with E-state index in [1.165, 1.54) is 0 Å². The Labute approximate surface area is 88.5 Å². The third kappa shape index (κ3) is 3.34. The van der Waals surface area contributed by atoms with Crippen LogP contribution in [-0.2, 0) is 16.0 Å². The molecule has 0 atom stereocenters. The highest BCUT2D eigenvalue weighted by molar-refractivity contribution is 5.81. The van der Waals surface area contributed by atoms with Gasteiger partial charge in [-0.25, -0.2) is 4.79 Å². The van der Waals surface area contributed by atoms with Crippen LogP contribution in [0, 0.1) is 0 Å². The van der Waals surface area contributed by atoms with Crippen LogP contribution >= 0.6 is 0 Å². The second-order valence-corrected chi connectivity index (χ2v) is 3.08. The van der Waals surface area contributed by atoms with Crippen LogP contribution in [0.4, 0.5) is 11.4 Å². The largest absolute Gasteiger partial charge is 0.462 e. The number of ether oxygens (including phenoxy) is 1. The van der Waals surface area contributed by atoms with E-state index < -0.39 is 5.97 Å². The van der Waals surface area contributed by atoms with Crippen LogP contribution in [-0.4, -0.2) is 12.6 Å². The van der Waals surface area contributed by atoms with E-state index in [0.717, 1.165) is 11.6 Å². The molecule has 1 aromatic carbocycles. The highest BCUT2D eigenvalue weighted by Crippen LogP contribution is 2.15. The van der Waals surface area contributed by atoms with Gasteiger partial charge in [0.05, 0.1) is 6.61 Å². The Morgan fingerprint density at radius 1 is 1.47 bits per heavy atom. The molecule has 1 aromatic rings. The summed E-state index contributed by atoms with van der Waals surface area (Å²) in [5, 5.41) is 0. The molecule has 0 radical (unpaired) electrons. The first-order chi connectivity index (χ1) is 7.13. The van der Waals surface area contributed by atoms with Gasteiger partial charge in [0.25, 0.3) is 0 Å². The molecule has 15 heavy (non-hydrogen) atoms. The lowest BCUT2D eigenvalue weighted by Gasteiger charge is -2.06. The molecule has 0 fully saturated rings. The van der Waals surface area contributed by atoms with Crippen molar-refractivity contribution in [2.75, 3.05) is 18.1 Å². The second kappa shape index (κ2) is 5.05. The number of nitrogen functional groups attached to an aromatic ring is 2. The minimum atomic E-state index is -0.433. The van der Waals surface area contributed by atoms with Gasteiger partial charge < -0.3 is 16.2 Å². The molecule has 4 heteroatoms. The molecular formula is C11H14N2O2. The molecule has 1 rings (SSSR count). The normalized spacial score (nSPS) is 9.60. The van der Waals surface area contributed by atoms with E-state index in [1.54, 1.807) is 18.2 Å². The van der Waals surface area contributed by atoms with E-state index >= 15 is 0 Å². The lowest BCUT2D eigenvalue weighted by atomic mass is 10.1. The number of carbonyl (C=O) groups is 1. The number of benzene rings is 1. The second-order valence-electron chi connectivity index (χ2n) is 3.08. The van der Waals surface area contributed by atoms with Crippen LogP contribution in [0.25, 0.3) is 0 Å². The van der Waals surface area contributed by atoms with Gasteiger partial charge in [-0.15, -0.1) is 0 Å². The Hall–Kier alpha value is -1.97. The summed E-state index contributed by atoms with van der Waals surface area (Å²) in [6, 6.07) is 5.24. The molecule has 0 unspecified atom stereocenters. The first-order valence-corrected chi connectivity index (χ1v) is 4.56. The van der Waals surface area contributed by atoms with Gasteiger partial charge in [0, 0.05) is 23.9 Å². The van der Waals surface area contributed by atoms with Crippen molar-refractivity contribution in [1.82, 2.24) is 0 Å². The van der Waals surface area contributed by atoms with Crippen LogP contribution in [0.2, 0.25) is 0 Å². The average Bonchev–Trinajstić information content (AvgIpc) is 2.23. The van der Waals surface area contributed by atoms with Crippen molar-refractivity contribution < 1.29 is 9.53 Å². The summed E-state index contributed by atoms with van der Waals surface area (Å²) in [7, 11) is 0. The minimum absolute atomic E-state index is 0.276. The summed E-state index contributed by atoms with van der Waals surface area (Å²) in [6.07, 6.45) is 1.68. The number of nitrogens with two attached hydrogens (primary N) is 2. The predicted molar refractivity (Wildman–Crippen MR) is 60.1 cm³/mol. The van der Waals surface area contributed by atoms with Gasteiger partial charge in [0.15, 0.2) is 0 Å². The molecule has 80 valence electrons. The van der Waals surface area contributed by atoms with E-state index in [-0.39, 0.29) is 6.61 Å². The molecule has 0 aliphatic carbocycles. The van der Waals surface area contributed by atoms with Crippen molar-refractivity contribution in [3.8, 4) is 0 Å². The summed E-state index contributed by atoms with van der Waals surface area (Å²) in [6.45, 7) is 3.57. The van der Waals surface area contributed by atoms with E-state index in [2.05, 4.69) is 6.58 Å². The van der Waals surface area contributed by atoms with E-state index in [0.29, 0.717) is 17.8 Å². The van der Waals surface area contributed by atoms with Gasteiger partial charge in [-0.1, -0.05) is 6.58 Å². The summed E-state index contributed by atoms with van der Waals surface area (Å²) >= 11 is 0. The molecule has 0 saturated carbocycles. The van der Waals surface area contributed by atoms with E-state index in [4.69, 9.17) is 16.2 Å². The Kier molecular flexibility index (Phi) is 3.74. The maximum Gasteiger partial charge on any atom is 0.330 e. The molecule has 0 aliphatic heterocycles. The molecule has 0 aromatic heterocycles. The highest BCUT2D eigenvalue weighted by atomic mass is 16.5. The average molecular weight is 206 g/mol. The Balaban J connectivity index is 2.53. The van der Waals surface area contributed by atoms with Gasteiger partial charge >= 0.3 is 5.97 Å². The monoisotopic (exact) mass is 206 g/mol. The predicted octanol–water partition coefficient (Wildman–Crippen LogP) is 1.12. The number of carbonyl (C=O) groups excluding carboxylic acids is 1. The molecule has 0 heterocycles. The van der Waals surface area contributed by atoms with Crippen LogP contribution in [0.5, 0.6) is 0 Å². The van der Waals surface area contributed by atoms with Gasteiger partial charge in [0.1, 0.15) is 0 Å². The van der Waals surface area contributed by atoms with Crippen molar-refractivity contribution in [1.29, 1.82) is 0 Å². The molecular weight excluding hydrogens is 192 g/mol. The van der Waals surface area contributed by atoms with Gasteiger partial charge in [-0.3, -0.25) is 0 Å². The zero-order chi connectivity index (χ0) is 11.3. The molecule has 4 N–H and O–H groups in total. The Bertz CT molecular complexity index is 375. The number of hydrogen-bond donors (Lipinski definition) is 2. The van der Waals surface area contributed by atoms with Gasteiger partial charge in [-0.2, -0.15) is 0 Å². The fourth-order valence-corrected chi connectivity index (χ4v) is 1.16. The van der Waals surface area contributed by atoms with Crippen LogP contribution in [0.3, 0.4) is 0 Å². The summed E-state index contributed by atoms with van der Waals surface area (Å²) in [5.41, 5.74) is 13.5. The standard InChI is InChI=1S/C11H14N2O2/c1-2-11(14)15-6-5-8-7-9(12)3-4-10(8)13/h2-4,7H,1,5-6,12-13H2. The van der Waals surface area contributed by atoms with Crippen LogP contribution < -0.4 is 11.5 Å². The summed E-state index contributed by atoms with van der Waals surface area (Å²) < 4.78 is 4.84. The first-order valence-electron chi connectivity index (χ1n) is 4.56. The quantitative estimate of drug-likeness (QED) is 0.439. The maximum atomic E-state index is 10.8. The Morgan fingerprint density at radius 3 is 2.87 bits per heavy atom.